The number of carbonyl (C=O) groups excluding carboxylic acids is 1. The van der Waals surface area contributed by atoms with Gasteiger partial charge >= 0.3 is 12.1 Å². The number of alkyl halides is 3. The number of hydrogen-bond acceptors (Lipinski definition) is 3. The van der Waals surface area contributed by atoms with E-state index in [9.17, 15) is 22.8 Å². The third-order valence-electron chi connectivity index (χ3n) is 2.72. The fourth-order valence-corrected chi connectivity index (χ4v) is 1.61. The van der Waals surface area contributed by atoms with Crippen LogP contribution < -0.4 is 5.32 Å². The number of amides is 1. The Hall–Kier alpha value is -1.31. The summed E-state index contributed by atoms with van der Waals surface area (Å²) in [6.45, 7) is 0.134. The molecule has 0 heterocycles. The maximum absolute atomic E-state index is 11.8. The number of nitrogens with one attached hydrogen (secondary N) is 1. The van der Waals surface area contributed by atoms with Crippen molar-refractivity contribution >= 4 is 11.9 Å². The van der Waals surface area contributed by atoms with E-state index in [0.29, 0.717) is 19.4 Å². The van der Waals surface area contributed by atoms with Crippen LogP contribution in [0, 0.1) is 5.92 Å². The standard InChI is InChI=1S/C12H20F3NO4/c1-2-9(3-4-11(18)19)5-6-16-10(17)7-20-8-12(13,14)15/h9H,2-8H2,1H3,(H,16,17)(H,18,19). The summed E-state index contributed by atoms with van der Waals surface area (Å²) in [5.41, 5.74) is 0. The first-order valence-corrected chi connectivity index (χ1v) is 6.37. The minimum absolute atomic E-state index is 0.0706. The van der Waals surface area contributed by atoms with E-state index in [0.717, 1.165) is 6.42 Å². The molecule has 0 aliphatic heterocycles. The summed E-state index contributed by atoms with van der Waals surface area (Å²) >= 11 is 0. The first-order valence-electron chi connectivity index (χ1n) is 6.37. The zero-order chi connectivity index (χ0) is 15.6. The van der Waals surface area contributed by atoms with Gasteiger partial charge in [-0.25, -0.2) is 0 Å². The van der Waals surface area contributed by atoms with Crippen molar-refractivity contribution < 1.29 is 32.6 Å². The van der Waals surface area contributed by atoms with E-state index in [1.165, 1.54) is 0 Å². The topological polar surface area (TPSA) is 75.6 Å². The van der Waals surface area contributed by atoms with E-state index in [-0.39, 0.29) is 12.3 Å². The molecule has 0 fully saturated rings. The summed E-state index contributed by atoms with van der Waals surface area (Å²) in [6, 6.07) is 0. The molecule has 0 aromatic carbocycles. The van der Waals surface area contributed by atoms with Gasteiger partial charge in [-0.1, -0.05) is 13.3 Å². The Morgan fingerprint density at radius 3 is 2.45 bits per heavy atom. The molecule has 1 atom stereocenters. The van der Waals surface area contributed by atoms with Gasteiger partial charge in [0.05, 0.1) is 0 Å². The van der Waals surface area contributed by atoms with Gasteiger partial charge < -0.3 is 15.2 Å². The van der Waals surface area contributed by atoms with Crippen LogP contribution in [0.1, 0.15) is 32.6 Å². The molecule has 8 heteroatoms. The number of carboxylic acids is 1. The summed E-state index contributed by atoms with van der Waals surface area (Å²) in [6.07, 6.45) is -2.47. The normalized spacial score (nSPS) is 13.0. The first-order chi connectivity index (χ1) is 9.24. The van der Waals surface area contributed by atoms with Crippen LogP contribution in [0.3, 0.4) is 0 Å². The third kappa shape index (κ3) is 11.8. The summed E-state index contributed by atoms with van der Waals surface area (Å²) in [7, 11) is 0. The highest BCUT2D eigenvalue weighted by molar-refractivity contribution is 5.77. The molecule has 0 rings (SSSR count). The van der Waals surface area contributed by atoms with Crippen molar-refractivity contribution in [3.63, 3.8) is 0 Å². The molecule has 0 aromatic rings. The lowest BCUT2D eigenvalue weighted by molar-refractivity contribution is -0.175. The molecule has 0 radical (unpaired) electrons. The number of halogens is 3. The second kappa shape index (κ2) is 9.57. The van der Waals surface area contributed by atoms with Crippen LogP contribution in [0.4, 0.5) is 13.2 Å². The molecule has 20 heavy (non-hydrogen) atoms. The lowest BCUT2D eigenvalue weighted by Gasteiger charge is -2.14. The molecule has 0 saturated heterocycles. The zero-order valence-corrected chi connectivity index (χ0v) is 11.3. The molecular weight excluding hydrogens is 279 g/mol. The molecular formula is C12H20F3NO4. The van der Waals surface area contributed by atoms with Crippen LogP contribution in [-0.4, -0.2) is 42.9 Å². The summed E-state index contributed by atoms with van der Waals surface area (Å²) in [5.74, 6) is -1.31. The predicted octanol–water partition coefficient (Wildman–Crippen LogP) is 1.96. The van der Waals surface area contributed by atoms with Gasteiger partial charge in [0.25, 0.3) is 0 Å². The van der Waals surface area contributed by atoms with Crippen LogP contribution in [0.15, 0.2) is 0 Å². The minimum atomic E-state index is -4.44. The van der Waals surface area contributed by atoms with Gasteiger partial charge in [0, 0.05) is 13.0 Å². The summed E-state index contributed by atoms with van der Waals surface area (Å²) in [4.78, 5) is 21.6. The largest absolute Gasteiger partial charge is 0.481 e. The highest BCUT2D eigenvalue weighted by Gasteiger charge is 2.27. The Morgan fingerprint density at radius 1 is 1.30 bits per heavy atom. The number of carboxylic acid groups (broad SMARTS) is 1. The molecule has 0 spiro atoms. The van der Waals surface area contributed by atoms with Crippen molar-refractivity contribution in [2.24, 2.45) is 5.92 Å². The van der Waals surface area contributed by atoms with Crippen LogP contribution in [0.2, 0.25) is 0 Å². The van der Waals surface area contributed by atoms with Gasteiger partial charge in [-0.2, -0.15) is 13.2 Å². The number of hydrogen-bond donors (Lipinski definition) is 2. The van der Waals surface area contributed by atoms with Crippen LogP contribution >= 0.6 is 0 Å². The SMILES string of the molecule is CCC(CCNC(=O)COCC(F)(F)F)CCC(=O)O. The third-order valence-corrected chi connectivity index (χ3v) is 2.72. The van der Waals surface area contributed by atoms with E-state index in [1.807, 2.05) is 6.92 Å². The molecule has 1 amide bonds. The molecule has 0 aliphatic rings. The predicted molar refractivity (Wildman–Crippen MR) is 65.2 cm³/mol. The highest BCUT2D eigenvalue weighted by Crippen LogP contribution is 2.15. The van der Waals surface area contributed by atoms with Gasteiger partial charge in [-0.3, -0.25) is 9.59 Å². The van der Waals surface area contributed by atoms with Crippen molar-refractivity contribution in [3.05, 3.63) is 0 Å². The second-order valence-corrected chi connectivity index (χ2v) is 4.45. The van der Waals surface area contributed by atoms with Crippen molar-refractivity contribution in [1.29, 1.82) is 0 Å². The molecule has 0 aromatic heterocycles. The Labute approximate surface area is 115 Å². The van der Waals surface area contributed by atoms with Gasteiger partial charge in [-0.05, 0) is 18.8 Å². The molecule has 0 aliphatic carbocycles. The van der Waals surface area contributed by atoms with E-state index in [4.69, 9.17) is 5.11 Å². The molecule has 2 N–H and O–H groups in total. The number of ether oxygens (including phenoxy) is 1. The maximum atomic E-state index is 11.8. The van der Waals surface area contributed by atoms with Gasteiger partial charge in [0.2, 0.25) is 5.91 Å². The highest BCUT2D eigenvalue weighted by atomic mass is 19.4. The Morgan fingerprint density at radius 2 is 1.95 bits per heavy atom. The minimum Gasteiger partial charge on any atom is -0.481 e. The quantitative estimate of drug-likeness (QED) is 0.646. The lowest BCUT2D eigenvalue weighted by Crippen LogP contribution is -2.31. The number of aliphatic carboxylic acids is 1. The maximum Gasteiger partial charge on any atom is 0.411 e. The smallest absolute Gasteiger partial charge is 0.411 e. The van der Waals surface area contributed by atoms with E-state index < -0.39 is 31.3 Å². The van der Waals surface area contributed by atoms with Crippen LogP contribution in [-0.2, 0) is 14.3 Å². The average molecular weight is 299 g/mol. The van der Waals surface area contributed by atoms with Gasteiger partial charge in [0.1, 0.15) is 13.2 Å². The van der Waals surface area contributed by atoms with Crippen LogP contribution in [0.25, 0.3) is 0 Å². The molecule has 5 nitrogen and oxygen atoms in total. The van der Waals surface area contributed by atoms with Gasteiger partial charge in [0.15, 0.2) is 0 Å². The lowest BCUT2D eigenvalue weighted by atomic mass is 9.97. The average Bonchev–Trinajstić information content (AvgIpc) is 2.31. The van der Waals surface area contributed by atoms with Crippen LogP contribution in [0.5, 0.6) is 0 Å². The zero-order valence-electron chi connectivity index (χ0n) is 11.3. The monoisotopic (exact) mass is 299 g/mol. The van der Waals surface area contributed by atoms with Crippen molar-refractivity contribution in [2.75, 3.05) is 19.8 Å². The Bertz CT molecular complexity index is 308. The molecule has 0 saturated carbocycles. The van der Waals surface area contributed by atoms with Crippen molar-refractivity contribution in [1.82, 2.24) is 5.32 Å². The number of carbonyl (C=O) groups is 2. The first kappa shape index (κ1) is 18.7. The van der Waals surface area contributed by atoms with E-state index in [1.54, 1.807) is 0 Å². The summed E-state index contributed by atoms with van der Waals surface area (Å²) in [5, 5.41) is 11.0. The van der Waals surface area contributed by atoms with Crippen molar-refractivity contribution in [3.8, 4) is 0 Å². The van der Waals surface area contributed by atoms with E-state index in [2.05, 4.69) is 10.1 Å². The molecule has 0 bridgehead atoms. The fraction of sp³-hybridized carbons (Fsp3) is 0.833. The number of rotatable bonds is 10. The second-order valence-electron chi connectivity index (χ2n) is 4.45. The van der Waals surface area contributed by atoms with Gasteiger partial charge in [-0.15, -0.1) is 0 Å². The fourth-order valence-electron chi connectivity index (χ4n) is 1.61. The Balaban J connectivity index is 3.70. The van der Waals surface area contributed by atoms with Crippen molar-refractivity contribution in [2.45, 2.75) is 38.8 Å². The Kier molecular flexibility index (Phi) is 8.94. The molecule has 1 unspecified atom stereocenters. The summed E-state index contributed by atoms with van der Waals surface area (Å²) < 4.78 is 39.5. The van der Waals surface area contributed by atoms with E-state index >= 15 is 0 Å². The molecule has 118 valence electrons.